The number of benzene rings is 2. The van der Waals surface area contributed by atoms with E-state index in [2.05, 4.69) is 0 Å². The second-order valence-electron chi connectivity index (χ2n) is 4.98. The molecule has 0 spiro atoms. The number of anilines is 1. The van der Waals surface area contributed by atoms with Crippen LogP contribution in [0.2, 0.25) is 0 Å². The molecule has 0 aliphatic carbocycles. The number of amides is 1. The summed E-state index contributed by atoms with van der Waals surface area (Å²) in [7, 11) is 0. The van der Waals surface area contributed by atoms with Crippen LogP contribution < -0.4 is 5.73 Å². The number of halogens is 1. The van der Waals surface area contributed by atoms with Crippen molar-refractivity contribution in [3.63, 3.8) is 0 Å². The third kappa shape index (κ3) is 3.82. The van der Waals surface area contributed by atoms with Crippen molar-refractivity contribution in [2.24, 2.45) is 0 Å². The number of carbonyl (C=O) groups is 1. The Morgan fingerprint density at radius 1 is 1.30 bits per heavy atom. The number of nitrogen functional groups attached to an aromatic ring is 1. The highest BCUT2D eigenvalue weighted by atomic mass is 19.1. The fourth-order valence-electron chi connectivity index (χ4n) is 2.20. The average Bonchev–Trinajstić information content (AvgIpc) is 2.52. The van der Waals surface area contributed by atoms with Gasteiger partial charge in [0.1, 0.15) is 11.5 Å². The van der Waals surface area contributed by atoms with Crippen LogP contribution in [0.1, 0.15) is 22.8 Å². The van der Waals surface area contributed by atoms with Gasteiger partial charge in [-0.05, 0) is 36.8 Å². The van der Waals surface area contributed by atoms with E-state index in [1.807, 2.05) is 0 Å². The maximum atomic E-state index is 13.2. The third-order valence-corrected chi connectivity index (χ3v) is 3.41. The maximum absolute atomic E-state index is 13.2. The van der Waals surface area contributed by atoms with Crippen molar-refractivity contribution in [2.45, 2.75) is 13.5 Å². The molecular formula is C16H16FN3O3. The van der Waals surface area contributed by atoms with E-state index in [0.717, 1.165) is 6.07 Å². The summed E-state index contributed by atoms with van der Waals surface area (Å²) in [5, 5.41) is 10.9. The van der Waals surface area contributed by atoms with Crippen LogP contribution in [0.4, 0.5) is 15.8 Å². The second kappa shape index (κ2) is 6.87. The van der Waals surface area contributed by atoms with Crippen LogP contribution >= 0.6 is 0 Å². The summed E-state index contributed by atoms with van der Waals surface area (Å²) in [6.07, 6.45) is 0. The van der Waals surface area contributed by atoms with Crippen molar-refractivity contribution < 1.29 is 14.1 Å². The first-order valence-corrected chi connectivity index (χ1v) is 7.00. The van der Waals surface area contributed by atoms with E-state index >= 15 is 0 Å². The molecule has 2 aromatic carbocycles. The summed E-state index contributed by atoms with van der Waals surface area (Å²) in [6, 6.07) is 9.89. The Bertz CT molecular complexity index is 749. The van der Waals surface area contributed by atoms with E-state index in [1.54, 1.807) is 19.1 Å². The summed E-state index contributed by atoms with van der Waals surface area (Å²) in [4.78, 5) is 24.3. The first-order valence-electron chi connectivity index (χ1n) is 7.00. The van der Waals surface area contributed by atoms with Gasteiger partial charge in [0, 0.05) is 24.7 Å². The lowest BCUT2D eigenvalue weighted by Crippen LogP contribution is -2.30. The number of nitro groups is 1. The molecule has 0 heterocycles. The second-order valence-corrected chi connectivity index (χ2v) is 4.98. The zero-order chi connectivity index (χ0) is 17.0. The Kier molecular flexibility index (Phi) is 4.90. The number of nitrogens with zero attached hydrogens (tertiary/aromatic N) is 2. The van der Waals surface area contributed by atoms with Gasteiger partial charge >= 0.3 is 0 Å². The van der Waals surface area contributed by atoms with E-state index in [-0.39, 0.29) is 35.2 Å². The van der Waals surface area contributed by atoms with Crippen molar-refractivity contribution in [3.05, 3.63) is 69.5 Å². The van der Waals surface area contributed by atoms with Crippen LogP contribution in [0.3, 0.4) is 0 Å². The summed E-state index contributed by atoms with van der Waals surface area (Å²) in [5.74, 6) is -0.756. The van der Waals surface area contributed by atoms with Gasteiger partial charge in [0.2, 0.25) is 0 Å². The molecule has 0 atom stereocenters. The summed E-state index contributed by atoms with van der Waals surface area (Å²) < 4.78 is 13.2. The molecule has 23 heavy (non-hydrogen) atoms. The Morgan fingerprint density at radius 2 is 2.04 bits per heavy atom. The Hall–Kier alpha value is -2.96. The van der Waals surface area contributed by atoms with E-state index in [0.29, 0.717) is 12.1 Å². The lowest BCUT2D eigenvalue weighted by Gasteiger charge is -2.21. The molecule has 0 saturated carbocycles. The molecule has 0 radical (unpaired) electrons. The van der Waals surface area contributed by atoms with E-state index < -0.39 is 4.92 Å². The lowest BCUT2D eigenvalue weighted by atomic mass is 10.1. The van der Waals surface area contributed by atoms with Crippen LogP contribution in [0.5, 0.6) is 0 Å². The number of rotatable bonds is 5. The van der Waals surface area contributed by atoms with Gasteiger partial charge in [-0.3, -0.25) is 14.9 Å². The van der Waals surface area contributed by atoms with Gasteiger partial charge in [-0.25, -0.2) is 4.39 Å². The molecule has 7 heteroatoms. The Labute approximate surface area is 132 Å². The van der Waals surface area contributed by atoms with Gasteiger partial charge in [0.25, 0.3) is 11.6 Å². The van der Waals surface area contributed by atoms with E-state index in [4.69, 9.17) is 5.73 Å². The zero-order valence-corrected chi connectivity index (χ0v) is 12.5. The van der Waals surface area contributed by atoms with Gasteiger partial charge < -0.3 is 10.6 Å². The predicted octanol–water partition coefficient (Wildman–Crippen LogP) is 2.98. The number of nitro benzene ring substituents is 1. The smallest absolute Gasteiger partial charge is 0.292 e. The molecule has 2 N–H and O–H groups in total. The molecule has 0 aliphatic heterocycles. The molecular weight excluding hydrogens is 301 g/mol. The molecule has 120 valence electrons. The topological polar surface area (TPSA) is 89.5 Å². The fraction of sp³-hybridized carbons (Fsp3) is 0.188. The fourth-order valence-corrected chi connectivity index (χ4v) is 2.20. The minimum absolute atomic E-state index is 0.000251. The van der Waals surface area contributed by atoms with Gasteiger partial charge in [-0.2, -0.15) is 0 Å². The molecule has 2 rings (SSSR count). The molecule has 6 nitrogen and oxygen atoms in total. The molecule has 2 aromatic rings. The predicted molar refractivity (Wildman–Crippen MR) is 84.3 cm³/mol. The quantitative estimate of drug-likeness (QED) is 0.521. The van der Waals surface area contributed by atoms with Gasteiger partial charge in [0.15, 0.2) is 0 Å². The minimum atomic E-state index is -0.630. The SMILES string of the molecule is CCN(Cc1cccc(F)c1)C(=O)c1ccc(N)c([N+](=O)[O-])c1. The minimum Gasteiger partial charge on any atom is -0.393 e. The summed E-state index contributed by atoms with van der Waals surface area (Å²) in [5.41, 5.74) is 6.04. The van der Waals surface area contributed by atoms with Crippen LogP contribution in [-0.2, 0) is 6.54 Å². The largest absolute Gasteiger partial charge is 0.393 e. The monoisotopic (exact) mass is 317 g/mol. The van der Waals surface area contributed by atoms with Crippen LogP contribution in [-0.4, -0.2) is 22.3 Å². The Morgan fingerprint density at radius 3 is 2.65 bits per heavy atom. The van der Waals surface area contributed by atoms with Crippen LogP contribution in [0.25, 0.3) is 0 Å². The van der Waals surface area contributed by atoms with Crippen molar-refractivity contribution in [3.8, 4) is 0 Å². The number of carbonyl (C=O) groups excluding carboxylic acids is 1. The van der Waals surface area contributed by atoms with Gasteiger partial charge in [-0.1, -0.05) is 12.1 Å². The first kappa shape index (κ1) is 16.4. The van der Waals surface area contributed by atoms with Gasteiger partial charge in [-0.15, -0.1) is 0 Å². The lowest BCUT2D eigenvalue weighted by molar-refractivity contribution is -0.383. The molecule has 0 aromatic heterocycles. The van der Waals surface area contributed by atoms with Crippen LogP contribution in [0, 0.1) is 15.9 Å². The Balaban J connectivity index is 2.26. The van der Waals surface area contributed by atoms with Crippen LogP contribution in [0.15, 0.2) is 42.5 Å². The molecule has 0 bridgehead atoms. The van der Waals surface area contributed by atoms with E-state index in [1.165, 1.54) is 29.2 Å². The average molecular weight is 317 g/mol. The molecule has 0 saturated heterocycles. The highest BCUT2D eigenvalue weighted by Crippen LogP contribution is 2.23. The van der Waals surface area contributed by atoms with E-state index in [9.17, 15) is 19.3 Å². The number of hydrogen-bond donors (Lipinski definition) is 1. The third-order valence-electron chi connectivity index (χ3n) is 3.41. The molecule has 0 fully saturated rings. The zero-order valence-electron chi connectivity index (χ0n) is 12.5. The maximum Gasteiger partial charge on any atom is 0.292 e. The van der Waals surface area contributed by atoms with Crippen molar-refractivity contribution in [2.75, 3.05) is 12.3 Å². The van der Waals surface area contributed by atoms with Crippen molar-refractivity contribution in [1.82, 2.24) is 4.90 Å². The summed E-state index contributed by atoms with van der Waals surface area (Å²) >= 11 is 0. The molecule has 0 unspecified atom stereocenters. The number of nitrogens with two attached hydrogens (primary N) is 1. The molecule has 1 amide bonds. The van der Waals surface area contributed by atoms with Crippen molar-refractivity contribution in [1.29, 1.82) is 0 Å². The highest BCUT2D eigenvalue weighted by molar-refractivity contribution is 5.95. The molecule has 0 aliphatic rings. The van der Waals surface area contributed by atoms with Gasteiger partial charge in [0.05, 0.1) is 4.92 Å². The summed E-state index contributed by atoms with van der Waals surface area (Å²) in [6.45, 7) is 2.38. The standard InChI is InChI=1S/C16H16FN3O3/c1-2-19(10-11-4-3-5-13(17)8-11)16(21)12-6-7-14(18)15(9-12)20(22)23/h3-9H,2,10,18H2,1H3. The number of hydrogen-bond acceptors (Lipinski definition) is 4. The highest BCUT2D eigenvalue weighted by Gasteiger charge is 2.19. The normalized spacial score (nSPS) is 10.3. The first-order chi connectivity index (χ1) is 10.9. The van der Waals surface area contributed by atoms with Crippen molar-refractivity contribution >= 4 is 17.3 Å².